The fourth-order valence-corrected chi connectivity index (χ4v) is 2.77. The number of nitrogens with zero attached hydrogens (tertiary/aromatic N) is 2. The maximum atomic E-state index is 14.2. The molecule has 0 bridgehead atoms. The van der Waals surface area contributed by atoms with Gasteiger partial charge in [0.1, 0.15) is 5.82 Å². The van der Waals surface area contributed by atoms with Crippen LogP contribution >= 0.6 is 15.9 Å². The number of aryl methyl sites for hydroxylation is 2. The van der Waals surface area contributed by atoms with Crippen molar-refractivity contribution in [3.05, 3.63) is 51.5 Å². The molecule has 1 heterocycles. The van der Waals surface area contributed by atoms with Gasteiger partial charge in [0.25, 0.3) is 0 Å². The number of benzene rings is 1. The van der Waals surface area contributed by atoms with Gasteiger partial charge in [0, 0.05) is 28.8 Å². The predicted octanol–water partition coefficient (Wildman–Crippen LogP) is 3.58. The second-order valence-corrected chi connectivity index (χ2v) is 5.63. The van der Waals surface area contributed by atoms with Crippen molar-refractivity contribution in [3.63, 3.8) is 0 Å². The third kappa shape index (κ3) is 3.10. The number of hydrogen-bond donors (Lipinski definition) is 1. The van der Waals surface area contributed by atoms with Gasteiger partial charge in [-0.25, -0.2) is 4.39 Å². The maximum Gasteiger partial charge on any atom is 0.128 e. The molecular weight excluding hydrogens is 321 g/mol. The summed E-state index contributed by atoms with van der Waals surface area (Å²) in [4.78, 5) is 0. The largest absolute Gasteiger partial charge is 0.306 e. The molecule has 5 heteroatoms. The lowest BCUT2D eigenvalue weighted by molar-refractivity contribution is 0.556. The van der Waals surface area contributed by atoms with E-state index in [4.69, 9.17) is 0 Å². The lowest BCUT2D eigenvalue weighted by Gasteiger charge is -2.19. The van der Waals surface area contributed by atoms with Crippen LogP contribution in [0.5, 0.6) is 0 Å². The van der Waals surface area contributed by atoms with Crippen LogP contribution in [-0.4, -0.2) is 16.3 Å². The Morgan fingerprint density at radius 3 is 2.75 bits per heavy atom. The highest BCUT2D eigenvalue weighted by Crippen LogP contribution is 2.29. The molecule has 1 N–H and O–H groups in total. The summed E-state index contributed by atoms with van der Waals surface area (Å²) >= 11 is 3.41. The van der Waals surface area contributed by atoms with Crippen molar-refractivity contribution in [1.82, 2.24) is 15.1 Å². The van der Waals surface area contributed by atoms with E-state index < -0.39 is 0 Å². The molecule has 0 amide bonds. The number of halogens is 2. The first-order valence-corrected chi connectivity index (χ1v) is 7.56. The molecule has 2 rings (SSSR count). The molecule has 1 unspecified atom stereocenters. The molecule has 108 valence electrons. The Morgan fingerprint density at radius 2 is 2.10 bits per heavy atom. The number of hydrogen-bond acceptors (Lipinski definition) is 2. The minimum atomic E-state index is -0.204. The summed E-state index contributed by atoms with van der Waals surface area (Å²) in [6, 6.07) is 4.85. The van der Waals surface area contributed by atoms with Gasteiger partial charge in [0.05, 0.1) is 11.7 Å². The van der Waals surface area contributed by atoms with Gasteiger partial charge in [-0.05, 0) is 31.2 Å². The molecule has 2 aromatic rings. The maximum absolute atomic E-state index is 14.2. The molecule has 0 fully saturated rings. The van der Waals surface area contributed by atoms with E-state index >= 15 is 0 Å². The van der Waals surface area contributed by atoms with E-state index in [1.54, 1.807) is 10.7 Å². The van der Waals surface area contributed by atoms with Crippen LogP contribution in [-0.2, 0) is 13.5 Å². The first kappa shape index (κ1) is 15.2. The van der Waals surface area contributed by atoms with E-state index in [0.717, 1.165) is 28.7 Å². The third-order valence-electron chi connectivity index (χ3n) is 3.26. The SMILES string of the molecule is CCNC(c1cc(Br)ccc1F)c1cn(C)nc1CC. The average molecular weight is 340 g/mol. The Balaban J connectivity index is 2.52. The number of nitrogens with one attached hydrogen (secondary N) is 1. The van der Waals surface area contributed by atoms with Gasteiger partial charge in [0.2, 0.25) is 0 Å². The normalized spacial score (nSPS) is 12.7. The highest BCUT2D eigenvalue weighted by molar-refractivity contribution is 9.10. The molecule has 0 saturated carbocycles. The topological polar surface area (TPSA) is 29.9 Å². The average Bonchev–Trinajstić information content (AvgIpc) is 2.80. The van der Waals surface area contributed by atoms with E-state index in [-0.39, 0.29) is 11.9 Å². The fraction of sp³-hybridized carbons (Fsp3) is 0.400. The van der Waals surface area contributed by atoms with Crippen LogP contribution in [0.1, 0.15) is 36.7 Å². The molecular formula is C15H19BrFN3. The molecule has 1 aromatic heterocycles. The Hall–Kier alpha value is -1.20. The van der Waals surface area contributed by atoms with Crippen LogP contribution < -0.4 is 5.32 Å². The van der Waals surface area contributed by atoms with Gasteiger partial charge in [0.15, 0.2) is 0 Å². The molecule has 0 aliphatic carbocycles. The van der Waals surface area contributed by atoms with Gasteiger partial charge in [-0.3, -0.25) is 4.68 Å². The van der Waals surface area contributed by atoms with E-state index in [1.807, 2.05) is 26.2 Å². The smallest absolute Gasteiger partial charge is 0.128 e. The summed E-state index contributed by atoms with van der Waals surface area (Å²) in [6.07, 6.45) is 2.79. The van der Waals surface area contributed by atoms with Crippen molar-refractivity contribution in [3.8, 4) is 0 Å². The summed E-state index contributed by atoms with van der Waals surface area (Å²) in [6.45, 7) is 4.84. The predicted molar refractivity (Wildman–Crippen MR) is 82.2 cm³/mol. The molecule has 20 heavy (non-hydrogen) atoms. The highest BCUT2D eigenvalue weighted by atomic mass is 79.9. The zero-order valence-electron chi connectivity index (χ0n) is 12.0. The third-order valence-corrected chi connectivity index (χ3v) is 3.75. The van der Waals surface area contributed by atoms with Crippen molar-refractivity contribution in [2.45, 2.75) is 26.3 Å². The van der Waals surface area contributed by atoms with Crippen molar-refractivity contribution in [2.75, 3.05) is 6.54 Å². The second-order valence-electron chi connectivity index (χ2n) is 4.71. The van der Waals surface area contributed by atoms with Crippen LogP contribution in [0.3, 0.4) is 0 Å². The quantitative estimate of drug-likeness (QED) is 0.902. The molecule has 0 spiro atoms. The second kappa shape index (κ2) is 6.50. The van der Waals surface area contributed by atoms with E-state index in [9.17, 15) is 4.39 Å². The van der Waals surface area contributed by atoms with Crippen LogP contribution in [0.4, 0.5) is 4.39 Å². The standard InChI is InChI=1S/C15H19BrFN3/c1-4-14-12(9-20(3)19-14)15(18-5-2)11-8-10(16)6-7-13(11)17/h6-9,15,18H,4-5H2,1-3H3. The summed E-state index contributed by atoms with van der Waals surface area (Å²) in [7, 11) is 1.89. The Bertz CT molecular complexity index is 595. The molecule has 3 nitrogen and oxygen atoms in total. The van der Waals surface area contributed by atoms with E-state index in [2.05, 4.69) is 33.3 Å². The van der Waals surface area contributed by atoms with Gasteiger partial charge >= 0.3 is 0 Å². The van der Waals surface area contributed by atoms with Gasteiger partial charge in [-0.2, -0.15) is 5.10 Å². The lowest BCUT2D eigenvalue weighted by atomic mass is 9.98. The Morgan fingerprint density at radius 1 is 1.35 bits per heavy atom. The van der Waals surface area contributed by atoms with Crippen molar-refractivity contribution in [1.29, 1.82) is 0 Å². The molecule has 0 saturated heterocycles. The summed E-state index contributed by atoms with van der Waals surface area (Å²) in [5.41, 5.74) is 2.68. The highest BCUT2D eigenvalue weighted by Gasteiger charge is 2.22. The van der Waals surface area contributed by atoms with Crippen LogP contribution in [0, 0.1) is 5.82 Å². The van der Waals surface area contributed by atoms with Crippen LogP contribution in [0.2, 0.25) is 0 Å². The first-order chi connectivity index (χ1) is 9.56. The van der Waals surface area contributed by atoms with Crippen molar-refractivity contribution >= 4 is 15.9 Å². The van der Waals surface area contributed by atoms with E-state index in [0.29, 0.717) is 5.56 Å². The van der Waals surface area contributed by atoms with Crippen molar-refractivity contribution in [2.24, 2.45) is 7.05 Å². The lowest BCUT2D eigenvalue weighted by Crippen LogP contribution is -2.23. The number of rotatable bonds is 5. The van der Waals surface area contributed by atoms with Crippen molar-refractivity contribution < 1.29 is 4.39 Å². The molecule has 0 aliphatic rings. The van der Waals surface area contributed by atoms with Gasteiger partial charge in [-0.15, -0.1) is 0 Å². The fourth-order valence-electron chi connectivity index (χ4n) is 2.40. The summed E-state index contributed by atoms with van der Waals surface area (Å²) in [5, 5.41) is 7.81. The molecule has 1 aromatic carbocycles. The monoisotopic (exact) mass is 339 g/mol. The Labute approximate surface area is 127 Å². The minimum absolute atomic E-state index is 0.179. The van der Waals surface area contributed by atoms with Gasteiger partial charge in [-0.1, -0.05) is 29.8 Å². The number of aromatic nitrogens is 2. The van der Waals surface area contributed by atoms with E-state index in [1.165, 1.54) is 6.07 Å². The zero-order chi connectivity index (χ0) is 14.7. The zero-order valence-corrected chi connectivity index (χ0v) is 13.5. The molecule has 1 atom stereocenters. The first-order valence-electron chi connectivity index (χ1n) is 6.77. The van der Waals surface area contributed by atoms with Crippen LogP contribution in [0.25, 0.3) is 0 Å². The molecule has 0 aliphatic heterocycles. The van der Waals surface area contributed by atoms with Crippen LogP contribution in [0.15, 0.2) is 28.9 Å². The Kier molecular flexibility index (Phi) is 4.94. The summed E-state index contributed by atoms with van der Waals surface area (Å²) in [5.74, 6) is -0.204. The van der Waals surface area contributed by atoms with Gasteiger partial charge < -0.3 is 5.32 Å². The molecule has 0 radical (unpaired) electrons. The summed E-state index contributed by atoms with van der Waals surface area (Å²) < 4.78 is 16.8. The minimum Gasteiger partial charge on any atom is -0.306 e.